The molecule has 11 heavy (non-hydrogen) atoms. The van der Waals surface area contributed by atoms with E-state index in [-0.39, 0.29) is 24.3 Å². The van der Waals surface area contributed by atoms with Crippen molar-refractivity contribution in [1.82, 2.24) is 0 Å². The van der Waals surface area contributed by atoms with Gasteiger partial charge in [-0.05, 0) is 19.3 Å². The molecule has 0 heterocycles. The molecule has 0 radical (unpaired) electrons. The highest BCUT2D eigenvalue weighted by Crippen LogP contribution is 2.24. The number of aliphatic hydroxyl groups excluding tert-OH is 1. The minimum absolute atomic E-state index is 0.0312. The van der Waals surface area contributed by atoms with Crippen molar-refractivity contribution in [2.24, 2.45) is 11.7 Å². The van der Waals surface area contributed by atoms with E-state index in [2.05, 4.69) is 0 Å². The number of nitrogens with two attached hydrogens (primary N) is 1. The Labute approximate surface area is 66.6 Å². The van der Waals surface area contributed by atoms with Gasteiger partial charge in [-0.1, -0.05) is 6.42 Å². The summed E-state index contributed by atoms with van der Waals surface area (Å²) in [4.78, 5) is 11.1. The maximum absolute atomic E-state index is 11.1. The highest BCUT2D eigenvalue weighted by molar-refractivity contribution is 5.82. The first-order valence-corrected chi connectivity index (χ1v) is 4.15. The standard InChI is InChI=1S/C8H15NO2/c9-5-8(11)6-2-1-3-7(10)4-6/h6-7,10H,1-5,9H2/t6-,7-/m1/s1. The van der Waals surface area contributed by atoms with Crippen LogP contribution in [0.15, 0.2) is 0 Å². The molecular weight excluding hydrogens is 142 g/mol. The fourth-order valence-corrected chi connectivity index (χ4v) is 1.62. The van der Waals surface area contributed by atoms with Gasteiger partial charge in [-0.3, -0.25) is 4.79 Å². The monoisotopic (exact) mass is 157 g/mol. The Hall–Kier alpha value is -0.410. The van der Waals surface area contributed by atoms with E-state index in [1.165, 1.54) is 0 Å². The van der Waals surface area contributed by atoms with Crippen LogP contribution in [0, 0.1) is 5.92 Å². The van der Waals surface area contributed by atoms with Crippen LogP contribution in [-0.4, -0.2) is 23.5 Å². The third-order valence-corrected chi connectivity index (χ3v) is 2.30. The highest BCUT2D eigenvalue weighted by atomic mass is 16.3. The lowest BCUT2D eigenvalue weighted by molar-refractivity contribution is -0.123. The third kappa shape index (κ3) is 2.27. The Bertz CT molecular complexity index is 147. The number of hydrogen-bond donors (Lipinski definition) is 2. The van der Waals surface area contributed by atoms with E-state index in [1.807, 2.05) is 0 Å². The van der Waals surface area contributed by atoms with E-state index in [4.69, 9.17) is 5.73 Å². The number of rotatable bonds is 2. The quantitative estimate of drug-likeness (QED) is 0.596. The second kappa shape index (κ2) is 3.83. The van der Waals surface area contributed by atoms with E-state index >= 15 is 0 Å². The van der Waals surface area contributed by atoms with Gasteiger partial charge >= 0.3 is 0 Å². The topological polar surface area (TPSA) is 63.3 Å². The van der Waals surface area contributed by atoms with Gasteiger partial charge in [0.05, 0.1) is 12.6 Å². The molecule has 0 aromatic carbocycles. The lowest BCUT2D eigenvalue weighted by Gasteiger charge is -2.23. The zero-order valence-electron chi connectivity index (χ0n) is 6.62. The molecule has 1 aliphatic carbocycles. The fourth-order valence-electron chi connectivity index (χ4n) is 1.62. The van der Waals surface area contributed by atoms with Gasteiger partial charge in [-0.2, -0.15) is 0 Å². The molecule has 0 aliphatic heterocycles. The average Bonchev–Trinajstić information content (AvgIpc) is 2.03. The molecule has 0 aromatic rings. The third-order valence-electron chi connectivity index (χ3n) is 2.30. The van der Waals surface area contributed by atoms with Crippen LogP contribution in [0.2, 0.25) is 0 Å². The van der Waals surface area contributed by atoms with Crippen LogP contribution in [0.25, 0.3) is 0 Å². The lowest BCUT2D eigenvalue weighted by Crippen LogP contribution is -2.29. The van der Waals surface area contributed by atoms with Crippen LogP contribution in [0.1, 0.15) is 25.7 Å². The molecule has 2 atom stereocenters. The lowest BCUT2D eigenvalue weighted by atomic mass is 9.84. The van der Waals surface area contributed by atoms with Crippen molar-refractivity contribution in [3.8, 4) is 0 Å². The average molecular weight is 157 g/mol. The molecular formula is C8H15NO2. The van der Waals surface area contributed by atoms with Gasteiger partial charge in [-0.15, -0.1) is 0 Å². The maximum Gasteiger partial charge on any atom is 0.149 e. The summed E-state index contributed by atoms with van der Waals surface area (Å²) in [5.41, 5.74) is 5.22. The minimum Gasteiger partial charge on any atom is -0.393 e. The van der Waals surface area contributed by atoms with Gasteiger partial charge < -0.3 is 10.8 Å². The zero-order valence-corrected chi connectivity index (χ0v) is 6.62. The van der Waals surface area contributed by atoms with Gasteiger partial charge in [0.1, 0.15) is 5.78 Å². The smallest absolute Gasteiger partial charge is 0.149 e. The van der Waals surface area contributed by atoms with Gasteiger partial charge in [-0.25, -0.2) is 0 Å². The van der Waals surface area contributed by atoms with E-state index < -0.39 is 0 Å². The van der Waals surface area contributed by atoms with E-state index in [9.17, 15) is 9.90 Å². The molecule has 0 amide bonds. The first-order valence-electron chi connectivity index (χ1n) is 4.15. The summed E-state index contributed by atoms with van der Waals surface area (Å²) >= 11 is 0. The summed E-state index contributed by atoms with van der Waals surface area (Å²) < 4.78 is 0. The Morgan fingerprint density at radius 1 is 1.55 bits per heavy atom. The first-order chi connectivity index (χ1) is 5.24. The number of hydrogen-bond acceptors (Lipinski definition) is 3. The molecule has 1 rings (SSSR count). The van der Waals surface area contributed by atoms with Crippen molar-refractivity contribution in [3.05, 3.63) is 0 Å². The van der Waals surface area contributed by atoms with Gasteiger partial charge in [0.25, 0.3) is 0 Å². The number of Topliss-reactive ketones (excluding diaryl/α,β-unsaturated/α-hetero) is 1. The van der Waals surface area contributed by atoms with Gasteiger partial charge in [0.15, 0.2) is 0 Å². The Morgan fingerprint density at radius 2 is 2.27 bits per heavy atom. The Balaban J connectivity index is 2.39. The molecule has 3 N–H and O–H groups in total. The Morgan fingerprint density at radius 3 is 2.82 bits per heavy atom. The van der Waals surface area contributed by atoms with Crippen LogP contribution in [0.3, 0.4) is 0 Å². The molecule has 1 fully saturated rings. The van der Waals surface area contributed by atoms with Crippen LogP contribution in [-0.2, 0) is 4.79 Å². The van der Waals surface area contributed by atoms with Crippen LogP contribution < -0.4 is 5.73 Å². The normalized spacial score (nSPS) is 31.8. The summed E-state index contributed by atoms with van der Waals surface area (Å²) in [5.74, 6) is 0.132. The van der Waals surface area contributed by atoms with E-state index in [1.54, 1.807) is 0 Å². The fraction of sp³-hybridized carbons (Fsp3) is 0.875. The van der Waals surface area contributed by atoms with Gasteiger partial charge in [0.2, 0.25) is 0 Å². The first kappa shape index (κ1) is 8.68. The summed E-state index contributed by atoms with van der Waals surface area (Å²) in [6.07, 6.45) is 3.05. The van der Waals surface area contributed by atoms with Crippen molar-refractivity contribution in [3.63, 3.8) is 0 Å². The highest BCUT2D eigenvalue weighted by Gasteiger charge is 2.24. The predicted octanol–water partition coefficient (Wildman–Crippen LogP) is 0.0653. The number of ketones is 1. The SMILES string of the molecule is NCC(=O)[C@@H]1CCC[C@@H](O)C1. The van der Waals surface area contributed by atoms with Crippen LogP contribution in [0.5, 0.6) is 0 Å². The molecule has 0 aromatic heterocycles. The molecule has 0 unspecified atom stereocenters. The molecule has 0 spiro atoms. The second-order valence-corrected chi connectivity index (χ2v) is 3.19. The summed E-state index contributed by atoms with van der Waals surface area (Å²) in [6.45, 7) is 0.122. The van der Waals surface area contributed by atoms with Crippen molar-refractivity contribution >= 4 is 5.78 Å². The molecule has 64 valence electrons. The zero-order chi connectivity index (χ0) is 8.27. The Kier molecular flexibility index (Phi) is 3.02. The molecule has 1 aliphatic rings. The molecule has 0 saturated heterocycles. The van der Waals surface area contributed by atoms with Gasteiger partial charge in [0, 0.05) is 5.92 Å². The minimum atomic E-state index is -0.274. The second-order valence-electron chi connectivity index (χ2n) is 3.19. The van der Waals surface area contributed by atoms with Crippen LogP contribution >= 0.6 is 0 Å². The largest absolute Gasteiger partial charge is 0.393 e. The van der Waals surface area contributed by atoms with Crippen molar-refractivity contribution in [2.75, 3.05) is 6.54 Å². The number of carbonyl (C=O) groups excluding carboxylic acids is 1. The summed E-state index contributed by atoms with van der Waals surface area (Å²) in [7, 11) is 0. The maximum atomic E-state index is 11.1. The molecule has 3 nitrogen and oxygen atoms in total. The van der Waals surface area contributed by atoms with E-state index in [0.29, 0.717) is 6.42 Å². The number of carbonyl (C=O) groups is 1. The van der Waals surface area contributed by atoms with Crippen molar-refractivity contribution < 1.29 is 9.90 Å². The summed E-state index contributed by atoms with van der Waals surface area (Å²) in [5, 5.41) is 9.23. The van der Waals surface area contributed by atoms with Crippen LogP contribution in [0.4, 0.5) is 0 Å². The number of aliphatic hydroxyl groups is 1. The predicted molar refractivity (Wildman–Crippen MR) is 42.0 cm³/mol. The molecule has 3 heteroatoms. The van der Waals surface area contributed by atoms with E-state index in [0.717, 1.165) is 19.3 Å². The molecule has 0 bridgehead atoms. The summed E-state index contributed by atoms with van der Waals surface area (Å²) in [6, 6.07) is 0. The molecule has 1 saturated carbocycles. The van der Waals surface area contributed by atoms with Crippen molar-refractivity contribution in [2.45, 2.75) is 31.8 Å². The van der Waals surface area contributed by atoms with Crippen molar-refractivity contribution in [1.29, 1.82) is 0 Å².